The normalized spacial score (nSPS) is 12.7. The van der Waals surface area contributed by atoms with Crippen LogP contribution in [0.2, 0.25) is 0 Å². The second kappa shape index (κ2) is 6.85. The molecule has 3 aromatic rings. The fourth-order valence-corrected chi connectivity index (χ4v) is 3.52. The van der Waals surface area contributed by atoms with Crippen LogP contribution < -0.4 is 0 Å². The molecule has 0 amide bonds. The summed E-state index contributed by atoms with van der Waals surface area (Å²) in [6.45, 7) is 1.08. The zero-order valence-corrected chi connectivity index (χ0v) is 15.1. The van der Waals surface area contributed by atoms with Crippen LogP contribution in [0.1, 0.15) is 31.8 Å². The molecule has 1 aliphatic heterocycles. The molecule has 0 saturated heterocycles. The Kier molecular flexibility index (Phi) is 4.38. The second-order valence-corrected chi connectivity index (χ2v) is 6.38. The van der Waals surface area contributed by atoms with Gasteiger partial charge in [-0.25, -0.2) is 9.59 Å². The molecule has 1 heterocycles. The Labute approximate surface area is 156 Å². The van der Waals surface area contributed by atoms with E-state index >= 15 is 0 Å². The number of benzene rings is 3. The molecule has 0 radical (unpaired) electrons. The van der Waals surface area contributed by atoms with Crippen LogP contribution in [0, 0.1) is 0 Å². The van der Waals surface area contributed by atoms with Gasteiger partial charge < -0.3 is 14.2 Å². The number of hydrogen-bond acceptors (Lipinski definition) is 5. The molecule has 1 aliphatic rings. The fraction of sp³-hybridized carbons (Fsp3) is 0.182. The lowest BCUT2D eigenvalue weighted by molar-refractivity contribution is 0.0592. The first-order valence-electron chi connectivity index (χ1n) is 8.55. The van der Waals surface area contributed by atoms with Gasteiger partial charge in [0.15, 0.2) is 0 Å². The van der Waals surface area contributed by atoms with E-state index in [9.17, 15) is 9.59 Å². The Hall–Kier alpha value is -3.18. The molecule has 0 aliphatic carbocycles. The zero-order valence-electron chi connectivity index (χ0n) is 15.1. The Morgan fingerprint density at radius 1 is 0.852 bits per heavy atom. The zero-order chi connectivity index (χ0) is 19.0. The molecule has 136 valence electrons. The highest BCUT2D eigenvalue weighted by atomic mass is 16.5. The molecule has 0 bridgehead atoms. The van der Waals surface area contributed by atoms with Crippen molar-refractivity contribution in [1.29, 1.82) is 0 Å². The van der Waals surface area contributed by atoms with Crippen LogP contribution in [0.15, 0.2) is 48.5 Å². The largest absolute Gasteiger partial charge is 0.465 e. The molecule has 0 unspecified atom stereocenters. The Morgan fingerprint density at radius 2 is 1.52 bits per heavy atom. The lowest BCUT2D eigenvalue weighted by Crippen LogP contribution is -2.02. The highest BCUT2D eigenvalue weighted by Gasteiger charge is 2.21. The third-order valence-electron chi connectivity index (χ3n) is 4.86. The summed E-state index contributed by atoms with van der Waals surface area (Å²) in [5.74, 6) is -0.748. The third-order valence-corrected chi connectivity index (χ3v) is 4.86. The summed E-state index contributed by atoms with van der Waals surface area (Å²) in [7, 11) is 2.73. The van der Waals surface area contributed by atoms with Crippen molar-refractivity contribution >= 4 is 22.7 Å². The molecule has 0 atom stereocenters. The minimum atomic E-state index is -0.374. The number of carbonyl (C=O) groups excluding carboxylic acids is 2. The minimum absolute atomic E-state index is 0.374. The average Bonchev–Trinajstić information content (AvgIpc) is 3.18. The molecule has 0 aromatic heterocycles. The van der Waals surface area contributed by atoms with Crippen molar-refractivity contribution in [3.8, 4) is 11.1 Å². The van der Waals surface area contributed by atoms with E-state index in [4.69, 9.17) is 14.2 Å². The van der Waals surface area contributed by atoms with Crippen LogP contribution in [-0.2, 0) is 27.4 Å². The standard InChI is InChI=1S/C22H18O5/c1-25-21(23)14-5-3-13(4-6-14)20-18-10-16(22(24)26-2)8-7-15(18)9-17-11-27-12-19(17)20/h3-10H,11-12H2,1-2H3. The molecular formula is C22H18O5. The summed E-state index contributed by atoms with van der Waals surface area (Å²) < 4.78 is 15.3. The molecule has 3 aromatic carbocycles. The van der Waals surface area contributed by atoms with Crippen LogP contribution in [0.5, 0.6) is 0 Å². The topological polar surface area (TPSA) is 61.8 Å². The Morgan fingerprint density at radius 3 is 2.22 bits per heavy atom. The molecule has 0 fully saturated rings. The minimum Gasteiger partial charge on any atom is -0.465 e. The maximum atomic E-state index is 12.0. The van der Waals surface area contributed by atoms with Crippen LogP contribution in [0.3, 0.4) is 0 Å². The maximum Gasteiger partial charge on any atom is 0.337 e. The van der Waals surface area contributed by atoms with Gasteiger partial charge in [-0.3, -0.25) is 0 Å². The van der Waals surface area contributed by atoms with Crippen LogP contribution in [-0.4, -0.2) is 26.2 Å². The third kappa shape index (κ3) is 2.96. The van der Waals surface area contributed by atoms with Crippen molar-refractivity contribution in [3.63, 3.8) is 0 Å². The molecule has 5 nitrogen and oxygen atoms in total. The highest BCUT2D eigenvalue weighted by molar-refractivity contribution is 6.03. The fourth-order valence-electron chi connectivity index (χ4n) is 3.52. The number of methoxy groups -OCH3 is 2. The lowest BCUT2D eigenvalue weighted by Gasteiger charge is -2.14. The predicted molar refractivity (Wildman–Crippen MR) is 101 cm³/mol. The first-order valence-corrected chi connectivity index (χ1v) is 8.55. The van der Waals surface area contributed by atoms with Gasteiger partial charge in [0, 0.05) is 0 Å². The van der Waals surface area contributed by atoms with Gasteiger partial charge >= 0.3 is 11.9 Å². The highest BCUT2D eigenvalue weighted by Crippen LogP contribution is 2.38. The van der Waals surface area contributed by atoms with Gasteiger partial charge in [-0.15, -0.1) is 0 Å². The summed E-state index contributed by atoms with van der Waals surface area (Å²) in [5, 5.41) is 1.98. The van der Waals surface area contributed by atoms with Crippen molar-refractivity contribution < 1.29 is 23.8 Å². The van der Waals surface area contributed by atoms with E-state index < -0.39 is 0 Å². The number of esters is 2. The van der Waals surface area contributed by atoms with E-state index in [0.29, 0.717) is 24.3 Å². The summed E-state index contributed by atoms with van der Waals surface area (Å²) in [6.07, 6.45) is 0. The summed E-state index contributed by atoms with van der Waals surface area (Å²) in [4.78, 5) is 23.7. The molecule has 5 heteroatoms. The first-order chi connectivity index (χ1) is 13.1. The number of carbonyl (C=O) groups is 2. The van der Waals surface area contributed by atoms with E-state index in [0.717, 1.165) is 33.0 Å². The number of fused-ring (bicyclic) bond motifs is 2. The van der Waals surface area contributed by atoms with Gasteiger partial charge in [0.1, 0.15) is 0 Å². The average molecular weight is 362 g/mol. The van der Waals surface area contributed by atoms with E-state index in [1.54, 1.807) is 18.2 Å². The second-order valence-electron chi connectivity index (χ2n) is 6.38. The Bertz CT molecular complexity index is 1050. The maximum absolute atomic E-state index is 12.0. The van der Waals surface area contributed by atoms with Gasteiger partial charge in [-0.05, 0) is 63.4 Å². The van der Waals surface area contributed by atoms with Crippen LogP contribution in [0.4, 0.5) is 0 Å². The quantitative estimate of drug-likeness (QED) is 0.656. The Balaban J connectivity index is 1.94. The first kappa shape index (κ1) is 17.2. The molecule has 4 rings (SSSR count). The van der Waals surface area contributed by atoms with Crippen LogP contribution in [0.25, 0.3) is 21.9 Å². The van der Waals surface area contributed by atoms with Crippen molar-refractivity contribution in [1.82, 2.24) is 0 Å². The van der Waals surface area contributed by atoms with Gasteiger partial charge in [-0.1, -0.05) is 18.2 Å². The molecule has 0 saturated carbocycles. The smallest absolute Gasteiger partial charge is 0.337 e. The van der Waals surface area contributed by atoms with E-state index in [2.05, 4.69) is 6.07 Å². The summed E-state index contributed by atoms with van der Waals surface area (Å²) >= 11 is 0. The molecular weight excluding hydrogens is 344 g/mol. The van der Waals surface area contributed by atoms with Crippen LogP contribution >= 0.6 is 0 Å². The molecule has 0 N–H and O–H groups in total. The van der Waals surface area contributed by atoms with E-state index in [1.165, 1.54) is 14.2 Å². The van der Waals surface area contributed by atoms with Gasteiger partial charge in [-0.2, -0.15) is 0 Å². The van der Waals surface area contributed by atoms with Crippen molar-refractivity contribution in [2.45, 2.75) is 13.2 Å². The van der Waals surface area contributed by atoms with E-state index in [1.807, 2.05) is 24.3 Å². The van der Waals surface area contributed by atoms with E-state index in [-0.39, 0.29) is 11.9 Å². The SMILES string of the molecule is COC(=O)c1ccc(-c2c3c(cc4ccc(C(=O)OC)cc24)COC3)cc1. The van der Waals surface area contributed by atoms with Crippen molar-refractivity contribution in [2.24, 2.45) is 0 Å². The molecule has 0 spiro atoms. The summed E-state index contributed by atoms with van der Waals surface area (Å²) in [6, 6.07) is 14.9. The predicted octanol–water partition coefficient (Wildman–Crippen LogP) is 4.11. The number of rotatable bonds is 3. The van der Waals surface area contributed by atoms with Gasteiger partial charge in [0.25, 0.3) is 0 Å². The van der Waals surface area contributed by atoms with Crippen molar-refractivity contribution in [2.75, 3.05) is 14.2 Å². The number of hydrogen-bond donors (Lipinski definition) is 0. The summed E-state index contributed by atoms with van der Waals surface area (Å²) in [5.41, 5.74) is 5.20. The lowest BCUT2D eigenvalue weighted by atomic mass is 9.89. The van der Waals surface area contributed by atoms with Crippen molar-refractivity contribution in [3.05, 3.63) is 70.8 Å². The number of ether oxygens (including phenoxy) is 3. The monoisotopic (exact) mass is 362 g/mol. The van der Waals surface area contributed by atoms with Gasteiger partial charge in [0.2, 0.25) is 0 Å². The van der Waals surface area contributed by atoms with Gasteiger partial charge in [0.05, 0.1) is 38.6 Å². The molecule has 27 heavy (non-hydrogen) atoms.